The first-order chi connectivity index (χ1) is 8.14. The SMILES string of the molecule is CN(C)CC(C)(O)CNC(=O)C1CCCC1(C)C. The van der Waals surface area contributed by atoms with Crippen LogP contribution in [0.5, 0.6) is 0 Å². The van der Waals surface area contributed by atoms with Gasteiger partial charge in [0.2, 0.25) is 5.91 Å². The highest BCUT2D eigenvalue weighted by Gasteiger charge is 2.39. The molecule has 0 spiro atoms. The first-order valence-electron chi connectivity index (χ1n) is 6.79. The van der Waals surface area contributed by atoms with Gasteiger partial charge in [0, 0.05) is 19.0 Å². The van der Waals surface area contributed by atoms with Crippen LogP contribution in [0.25, 0.3) is 0 Å². The van der Waals surface area contributed by atoms with Gasteiger partial charge in [-0.05, 0) is 39.3 Å². The van der Waals surface area contributed by atoms with Crippen molar-refractivity contribution in [2.75, 3.05) is 27.2 Å². The van der Waals surface area contributed by atoms with E-state index in [4.69, 9.17) is 0 Å². The van der Waals surface area contributed by atoms with Crippen LogP contribution in [0.15, 0.2) is 0 Å². The topological polar surface area (TPSA) is 52.6 Å². The minimum atomic E-state index is -0.873. The number of nitrogens with one attached hydrogen (secondary N) is 1. The Hall–Kier alpha value is -0.610. The lowest BCUT2D eigenvalue weighted by atomic mass is 9.81. The number of rotatable bonds is 5. The number of carbonyl (C=O) groups is 1. The van der Waals surface area contributed by atoms with E-state index in [1.165, 1.54) is 0 Å². The largest absolute Gasteiger partial charge is 0.387 e. The Morgan fingerprint density at radius 2 is 2.11 bits per heavy atom. The van der Waals surface area contributed by atoms with E-state index >= 15 is 0 Å². The summed E-state index contributed by atoms with van der Waals surface area (Å²) in [5.41, 5.74) is -0.778. The van der Waals surface area contributed by atoms with Gasteiger partial charge in [-0.3, -0.25) is 4.79 Å². The average molecular weight is 256 g/mol. The number of aliphatic hydroxyl groups is 1. The summed E-state index contributed by atoms with van der Waals surface area (Å²) in [5.74, 6) is 0.184. The summed E-state index contributed by atoms with van der Waals surface area (Å²) in [4.78, 5) is 14.1. The van der Waals surface area contributed by atoms with Crippen molar-refractivity contribution in [3.63, 3.8) is 0 Å². The van der Waals surface area contributed by atoms with Crippen LogP contribution >= 0.6 is 0 Å². The van der Waals surface area contributed by atoms with Crippen molar-refractivity contribution in [1.82, 2.24) is 10.2 Å². The number of carbonyl (C=O) groups excluding carboxylic acids is 1. The number of likely N-dealkylation sites (N-methyl/N-ethyl adjacent to an activating group) is 1. The Bertz CT molecular complexity index is 298. The molecule has 4 nitrogen and oxygen atoms in total. The van der Waals surface area contributed by atoms with E-state index in [9.17, 15) is 9.90 Å². The van der Waals surface area contributed by atoms with E-state index in [2.05, 4.69) is 19.2 Å². The smallest absolute Gasteiger partial charge is 0.223 e. The van der Waals surface area contributed by atoms with Crippen LogP contribution < -0.4 is 5.32 Å². The van der Waals surface area contributed by atoms with Crippen molar-refractivity contribution in [1.29, 1.82) is 0 Å². The summed E-state index contributed by atoms with van der Waals surface area (Å²) in [6.45, 7) is 6.93. The molecule has 1 amide bonds. The quantitative estimate of drug-likeness (QED) is 0.778. The Morgan fingerprint density at radius 3 is 2.56 bits per heavy atom. The molecule has 18 heavy (non-hydrogen) atoms. The molecule has 2 atom stereocenters. The summed E-state index contributed by atoms with van der Waals surface area (Å²) >= 11 is 0. The van der Waals surface area contributed by atoms with Crippen molar-refractivity contribution in [2.45, 2.75) is 45.6 Å². The maximum Gasteiger partial charge on any atom is 0.223 e. The van der Waals surface area contributed by atoms with Crippen LogP contribution in [0.1, 0.15) is 40.0 Å². The molecule has 0 heterocycles. The van der Waals surface area contributed by atoms with E-state index in [1.807, 2.05) is 19.0 Å². The molecular weight excluding hydrogens is 228 g/mol. The summed E-state index contributed by atoms with van der Waals surface area (Å²) < 4.78 is 0. The minimum absolute atomic E-state index is 0.0904. The van der Waals surface area contributed by atoms with Crippen molar-refractivity contribution in [3.8, 4) is 0 Å². The monoisotopic (exact) mass is 256 g/mol. The number of hydrogen-bond acceptors (Lipinski definition) is 3. The minimum Gasteiger partial charge on any atom is -0.387 e. The molecule has 4 heteroatoms. The van der Waals surface area contributed by atoms with E-state index in [0.29, 0.717) is 13.1 Å². The third-order valence-electron chi connectivity index (χ3n) is 3.87. The predicted molar refractivity (Wildman–Crippen MR) is 73.3 cm³/mol. The molecule has 2 unspecified atom stereocenters. The van der Waals surface area contributed by atoms with Crippen LogP contribution in [0.4, 0.5) is 0 Å². The van der Waals surface area contributed by atoms with Gasteiger partial charge in [0.1, 0.15) is 0 Å². The van der Waals surface area contributed by atoms with Gasteiger partial charge in [-0.2, -0.15) is 0 Å². The fraction of sp³-hybridized carbons (Fsp3) is 0.929. The second kappa shape index (κ2) is 5.57. The first kappa shape index (κ1) is 15.4. The molecule has 1 fully saturated rings. The third kappa shape index (κ3) is 4.25. The molecule has 0 saturated heterocycles. The average Bonchev–Trinajstić information content (AvgIpc) is 2.53. The zero-order chi connectivity index (χ0) is 14.0. The second-order valence-corrected chi connectivity index (χ2v) is 6.89. The lowest BCUT2D eigenvalue weighted by molar-refractivity contribution is -0.128. The van der Waals surface area contributed by atoms with Crippen molar-refractivity contribution >= 4 is 5.91 Å². The zero-order valence-corrected chi connectivity index (χ0v) is 12.4. The standard InChI is InChI=1S/C14H28N2O2/c1-13(2)8-6-7-11(13)12(17)15-9-14(3,18)10-16(4)5/h11,18H,6-10H2,1-5H3,(H,15,17). The summed E-state index contributed by atoms with van der Waals surface area (Å²) in [6, 6.07) is 0. The van der Waals surface area contributed by atoms with Gasteiger partial charge in [-0.15, -0.1) is 0 Å². The molecule has 0 radical (unpaired) electrons. The lowest BCUT2D eigenvalue weighted by Gasteiger charge is -2.30. The van der Waals surface area contributed by atoms with Gasteiger partial charge in [0.15, 0.2) is 0 Å². The zero-order valence-electron chi connectivity index (χ0n) is 12.4. The Labute approximate surface area is 111 Å². The van der Waals surface area contributed by atoms with Crippen molar-refractivity contribution in [3.05, 3.63) is 0 Å². The fourth-order valence-corrected chi connectivity index (χ4v) is 2.95. The highest BCUT2D eigenvalue weighted by atomic mass is 16.3. The Balaban J connectivity index is 2.46. The molecule has 0 aromatic rings. The maximum absolute atomic E-state index is 12.2. The summed E-state index contributed by atoms with van der Waals surface area (Å²) in [6.07, 6.45) is 3.20. The van der Waals surface area contributed by atoms with Crippen LogP contribution in [-0.2, 0) is 4.79 Å². The van der Waals surface area contributed by atoms with Crippen LogP contribution in [0.3, 0.4) is 0 Å². The Kier molecular flexibility index (Phi) is 4.78. The molecule has 1 aliphatic rings. The van der Waals surface area contributed by atoms with Gasteiger partial charge in [0.25, 0.3) is 0 Å². The third-order valence-corrected chi connectivity index (χ3v) is 3.87. The number of amides is 1. The van der Waals surface area contributed by atoms with Crippen LogP contribution in [0.2, 0.25) is 0 Å². The van der Waals surface area contributed by atoms with Gasteiger partial charge in [-0.25, -0.2) is 0 Å². The summed E-state index contributed by atoms with van der Waals surface area (Å²) in [5, 5.41) is 13.1. The molecule has 1 rings (SSSR count). The van der Waals surface area contributed by atoms with Gasteiger partial charge in [0.05, 0.1) is 5.60 Å². The van der Waals surface area contributed by atoms with Crippen LogP contribution in [-0.4, -0.2) is 48.7 Å². The van der Waals surface area contributed by atoms with E-state index in [1.54, 1.807) is 6.92 Å². The highest BCUT2D eigenvalue weighted by Crippen LogP contribution is 2.42. The molecule has 0 aromatic heterocycles. The lowest BCUT2D eigenvalue weighted by Crippen LogP contribution is -2.49. The van der Waals surface area contributed by atoms with Crippen molar-refractivity contribution in [2.24, 2.45) is 11.3 Å². The maximum atomic E-state index is 12.2. The van der Waals surface area contributed by atoms with Crippen LogP contribution in [0, 0.1) is 11.3 Å². The molecule has 1 saturated carbocycles. The molecule has 0 aliphatic heterocycles. The first-order valence-corrected chi connectivity index (χ1v) is 6.79. The van der Waals surface area contributed by atoms with Gasteiger partial charge >= 0.3 is 0 Å². The highest BCUT2D eigenvalue weighted by molar-refractivity contribution is 5.79. The molecular formula is C14H28N2O2. The fourth-order valence-electron chi connectivity index (χ4n) is 2.95. The van der Waals surface area contributed by atoms with Crippen molar-refractivity contribution < 1.29 is 9.90 Å². The Morgan fingerprint density at radius 1 is 1.50 bits per heavy atom. The molecule has 106 valence electrons. The van der Waals surface area contributed by atoms with E-state index in [0.717, 1.165) is 19.3 Å². The summed E-state index contributed by atoms with van der Waals surface area (Å²) in [7, 11) is 3.83. The predicted octanol–water partition coefficient (Wildman–Crippen LogP) is 1.24. The molecule has 0 aromatic carbocycles. The molecule has 0 bridgehead atoms. The van der Waals surface area contributed by atoms with E-state index in [-0.39, 0.29) is 17.2 Å². The van der Waals surface area contributed by atoms with E-state index < -0.39 is 5.60 Å². The number of nitrogens with zero attached hydrogens (tertiary/aromatic N) is 1. The normalized spacial score (nSPS) is 26.1. The molecule has 1 aliphatic carbocycles. The van der Waals surface area contributed by atoms with Gasteiger partial charge < -0.3 is 15.3 Å². The number of hydrogen-bond donors (Lipinski definition) is 2. The molecule has 2 N–H and O–H groups in total. The van der Waals surface area contributed by atoms with Gasteiger partial charge in [-0.1, -0.05) is 20.3 Å². The second-order valence-electron chi connectivity index (χ2n) is 6.89.